The summed E-state index contributed by atoms with van der Waals surface area (Å²) in [7, 11) is 1.65. The van der Waals surface area contributed by atoms with E-state index in [1.165, 1.54) is 25.7 Å². The van der Waals surface area contributed by atoms with E-state index in [1.54, 1.807) is 19.5 Å². The number of hydrogen-bond acceptors (Lipinski definition) is 3. The maximum Gasteiger partial charge on any atom is 0.253 e. The number of nitrogens with zero attached hydrogens (tertiary/aromatic N) is 1. The van der Waals surface area contributed by atoms with Gasteiger partial charge in [-0.15, -0.1) is 0 Å². The predicted molar refractivity (Wildman–Crippen MR) is 95.2 cm³/mol. The maximum absolute atomic E-state index is 12.5. The van der Waals surface area contributed by atoms with Crippen molar-refractivity contribution in [1.82, 2.24) is 10.3 Å². The Morgan fingerprint density at radius 1 is 1.04 bits per heavy atom. The van der Waals surface area contributed by atoms with E-state index in [-0.39, 0.29) is 5.91 Å². The molecule has 1 aromatic heterocycles. The molecule has 0 radical (unpaired) electrons. The predicted octanol–water partition coefficient (Wildman–Crippen LogP) is 4.21. The third-order valence-electron chi connectivity index (χ3n) is 4.61. The summed E-state index contributed by atoms with van der Waals surface area (Å²) in [6, 6.07) is 9.97. The average Bonchev–Trinajstić information content (AvgIpc) is 2.90. The molecule has 1 aliphatic rings. The summed E-state index contributed by atoms with van der Waals surface area (Å²) in [5.74, 6) is 0.790. The molecule has 1 saturated carbocycles. The second-order valence-electron chi connectivity index (χ2n) is 6.35. The highest BCUT2D eigenvalue weighted by Gasteiger charge is 2.16. The summed E-state index contributed by atoms with van der Waals surface area (Å²) in [6.45, 7) is 0. The van der Waals surface area contributed by atoms with Gasteiger partial charge in [0, 0.05) is 24.0 Å². The number of ether oxygens (including phenoxy) is 1. The highest BCUT2D eigenvalue weighted by Crippen LogP contribution is 2.23. The molecule has 1 amide bonds. The van der Waals surface area contributed by atoms with Gasteiger partial charge >= 0.3 is 0 Å². The maximum atomic E-state index is 12.5. The van der Waals surface area contributed by atoms with E-state index in [2.05, 4.69) is 10.3 Å². The molecule has 4 heteroatoms. The summed E-state index contributed by atoms with van der Waals surface area (Å²) in [4.78, 5) is 16.8. The minimum Gasteiger partial charge on any atom is -0.497 e. The lowest BCUT2D eigenvalue weighted by Gasteiger charge is -2.16. The average molecular weight is 324 g/mol. The van der Waals surface area contributed by atoms with Crippen LogP contribution in [0.2, 0.25) is 0 Å². The third kappa shape index (κ3) is 4.13. The van der Waals surface area contributed by atoms with Gasteiger partial charge in [-0.05, 0) is 36.6 Å². The van der Waals surface area contributed by atoms with Gasteiger partial charge in [0.05, 0.1) is 12.7 Å². The van der Waals surface area contributed by atoms with Crippen molar-refractivity contribution in [1.29, 1.82) is 0 Å². The molecule has 24 heavy (non-hydrogen) atoms. The number of pyridine rings is 1. The van der Waals surface area contributed by atoms with Crippen LogP contribution in [0.4, 0.5) is 0 Å². The molecule has 0 bridgehead atoms. The van der Waals surface area contributed by atoms with Gasteiger partial charge in [0.2, 0.25) is 0 Å². The SMILES string of the molecule is COc1ccc(-c2cncc(C(=O)NC3CCCCCC3)c2)cc1. The molecule has 2 aromatic rings. The Labute approximate surface area is 143 Å². The van der Waals surface area contributed by atoms with Crippen molar-refractivity contribution >= 4 is 5.91 Å². The van der Waals surface area contributed by atoms with E-state index in [9.17, 15) is 4.79 Å². The van der Waals surface area contributed by atoms with Crippen molar-refractivity contribution in [2.75, 3.05) is 7.11 Å². The van der Waals surface area contributed by atoms with Crippen molar-refractivity contribution in [3.8, 4) is 16.9 Å². The van der Waals surface area contributed by atoms with Gasteiger partial charge in [0.25, 0.3) is 5.91 Å². The Balaban J connectivity index is 1.72. The van der Waals surface area contributed by atoms with Crippen molar-refractivity contribution in [2.45, 2.75) is 44.6 Å². The number of rotatable bonds is 4. The minimum absolute atomic E-state index is 0.0234. The van der Waals surface area contributed by atoms with E-state index in [1.807, 2.05) is 30.3 Å². The molecule has 0 aliphatic heterocycles. The molecule has 1 aliphatic carbocycles. The lowest BCUT2D eigenvalue weighted by Crippen LogP contribution is -2.34. The fraction of sp³-hybridized carbons (Fsp3) is 0.400. The van der Waals surface area contributed by atoms with Crippen LogP contribution in [0.1, 0.15) is 48.9 Å². The molecule has 0 spiro atoms. The van der Waals surface area contributed by atoms with Crippen molar-refractivity contribution in [3.63, 3.8) is 0 Å². The molecule has 126 valence electrons. The van der Waals surface area contributed by atoms with Gasteiger partial charge in [-0.1, -0.05) is 37.8 Å². The number of carbonyl (C=O) groups excluding carboxylic acids is 1. The second-order valence-corrected chi connectivity index (χ2v) is 6.35. The van der Waals surface area contributed by atoms with Crippen LogP contribution in [0.5, 0.6) is 5.75 Å². The van der Waals surface area contributed by atoms with Crippen LogP contribution >= 0.6 is 0 Å². The highest BCUT2D eigenvalue weighted by molar-refractivity contribution is 5.95. The van der Waals surface area contributed by atoms with Crippen LogP contribution in [-0.2, 0) is 0 Å². The molecule has 1 heterocycles. The van der Waals surface area contributed by atoms with Gasteiger partial charge in [0.1, 0.15) is 5.75 Å². The van der Waals surface area contributed by atoms with E-state index in [0.717, 1.165) is 29.7 Å². The lowest BCUT2D eigenvalue weighted by molar-refractivity contribution is 0.0933. The summed E-state index contributed by atoms with van der Waals surface area (Å²) >= 11 is 0. The fourth-order valence-electron chi connectivity index (χ4n) is 3.20. The van der Waals surface area contributed by atoms with Crippen LogP contribution in [0.15, 0.2) is 42.7 Å². The first kappa shape index (κ1) is 16.5. The van der Waals surface area contributed by atoms with Crippen molar-refractivity contribution in [3.05, 3.63) is 48.3 Å². The zero-order valence-corrected chi connectivity index (χ0v) is 14.1. The normalized spacial score (nSPS) is 15.5. The second kappa shape index (κ2) is 7.95. The quantitative estimate of drug-likeness (QED) is 0.857. The van der Waals surface area contributed by atoms with Crippen molar-refractivity contribution in [2.24, 2.45) is 0 Å². The van der Waals surface area contributed by atoms with Gasteiger partial charge in [-0.3, -0.25) is 9.78 Å². The van der Waals surface area contributed by atoms with Gasteiger partial charge in [0.15, 0.2) is 0 Å². The Morgan fingerprint density at radius 3 is 2.42 bits per heavy atom. The molecule has 0 atom stereocenters. The van der Waals surface area contributed by atoms with Gasteiger partial charge in [-0.2, -0.15) is 0 Å². The Kier molecular flexibility index (Phi) is 5.47. The third-order valence-corrected chi connectivity index (χ3v) is 4.61. The molecule has 4 nitrogen and oxygen atoms in total. The Morgan fingerprint density at radius 2 is 1.75 bits per heavy atom. The standard InChI is InChI=1S/C20H24N2O2/c1-24-19-10-8-15(9-11-19)16-12-17(14-21-13-16)20(23)22-18-6-4-2-3-5-7-18/h8-14,18H,2-7H2,1H3,(H,22,23). The molecule has 0 unspecified atom stereocenters. The smallest absolute Gasteiger partial charge is 0.253 e. The first-order chi connectivity index (χ1) is 11.8. The first-order valence-corrected chi connectivity index (χ1v) is 8.66. The van der Waals surface area contributed by atoms with Crippen molar-refractivity contribution < 1.29 is 9.53 Å². The molecule has 3 rings (SSSR count). The molecular formula is C20H24N2O2. The number of methoxy groups -OCH3 is 1. The Hall–Kier alpha value is -2.36. The number of benzene rings is 1. The summed E-state index contributed by atoms with van der Waals surface area (Å²) in [5.41, 5.74) is 2.58. The zero-order chi connectivity index (χ0) is 16.8. The monoisotopic (exact) mass is 324 g/mol. The summed E-state index contributed by atoms with van der Waals surface area (Å²) < 4.78 is 5.18. The van der Waals surface area contributed by atoms with E-state index >= 15 is 0 Å². The highest BCUT2D eigenvalue weighted by atomic mass is 16.5. The van der Waals surface area contributed by atoms with Crippen LogP contribution in [0.3, 0.4) is 0 Å². The number of amides is 1. The minimum atomic E-state index is -0.0234. The van der Waals surface area contributed by atoms with E-state index < -0.39 is 0 Å². The first-order valence-electron chi connectivity index (χ1n) is 8.66. The topological polar surface area (TPSA) is 51.2 Å². The van der Waals surface area contributed by atoms with Crippen LogP contribution < -0.4 is 10.1 Å². The fourth-order valence-corrected chi connectivity index (χ4v) is 3.20. The molecule has 1 N–H and O–H groups in total. The van der Waals surface area contributed by atoms with Crippen LogP contribution in [0, 0.1) is 0 Å². The van der Waals surface area contributed by atoms with Crippen LogP contribution in [-0.4, -0.2) is 24.0 Å². The van der Waals surface area contributed by atoms with E-state index in [0.29, 0.717) is 11.6 Å². The number of carbonyl (C=O) groups is 1. The lowest BCUT2D eigenvalue weighted by atomic mass is 10.0. The molecule has 1 fully saturated rings. The number of hydrogen-bond donors (Lipinski definition) is 1. The number of aromatic nitrogens is 1. The molecule has 0 saturated heterocycles. The molecule has 1 aromatic carbocycles. The van der Waals surface area contributed by atoms with Gasteiger partial charge in [-0.25, -0.2) is 0 Å². The summed E-state index contributed by atoms with van der Waals surface area (Å²) in [5, 5.41) is 3.17. The zero-order valence-electron chi connectivity index (χ0n) is 14.1. The number of nitrogens with one attached hydrogen (secondary N) is 1. The Bertz CT molecular complexity index is 674. The summed E-state index contributed by atoms with van der Waals surface area (Å²) in [6.07, 6.45) is 10.5. The van der Waals surface area contributed by atoms with E-state index in [4.69, 9.17) is 4.74 Å². The van der Waals surface area contributed by atoms with Crippen LogP contribution in [0.25, 0.3) is 11.1 Å². The largest absolute Gasteiger partial charge is 0.497 e. The molecular weight excluding hydrogens is 300 g/mol. The van der Waals surface area contributed by atoms with Gasteiger partial charge < -0.3 is 10.1 Å².